The van der Waals surface area contributed by atoms with Gasteiger partial charge in [-0.3, -0.25) is 9.59 Å². The van der Waals surface area contributed by atoms with E-state index < -0.39 is 0 Å². The van der Waals surface area contributed by atoms with Crippen LogP contribution in [0.4, 0.5) is 0 Å². The lowest BCUT2D eigenvalue weighted by Crippen LogP contribution is -2.39. The number of hydrogen-bond acceptors (Lipinski definition) is 3. The van der Waals surface area contributed by atoms with Crippen molar-refractivity contribution in [2.24, 2.45) is 5.92 Å². The molecule has 0 aromatic carbocycles. The highest BCUT2D eigenvalue weighted by Crippen LogP contribution is 2.28. The van der Waals surface area contributed by atoms with Gasteiger partial charge < -0.3 is 16.0 Å². The quantitative estimate of drug-likeness (QED) is 0.542. The normalized spacial score (nSPS) is 15.4. The molecule has 5 heteroatoms. The summed E-state index contributed by atoms with van der Waals surface area (Å²) in [5, 5.41) is 8.55. The maximum Gasteiger partial charge on any atom is 0.239 e. The van der Waals surface area contributed by atoms with E-state index in [2.05, 4.69) is 16.0 Å². The Morgan fingerprint density at radius 2 is 1.79 bits per heavy atom. The minimum atomic E-state index is -0.118. The first-order valence-electron chi connectivity index (χ1n) is 7.46. The third-order valence-corrected chi connectivity index (χ3v) is 3.57. The van der Waals surface area contributed by atoms with E-state index in [1.807, 2.05) is 6.92 Å². The van der Waals surface area contributed by atoms with E-state index in [1.54, 1.807) is 0 Å². The average Bonchev–Trinajstić information content (AvgIpc) is 2.92. The van der Waals surface area contributed by atoms with Crippen molar-refractivity contribution >= 4 is 11.8 Å². The molecule has 5 nitrogen and oxygen atoms in total. The van der Waals surface area contributed by atoms with Crippen LogP contribution in [-0.2, 0) is 9.59 Å². The number of carbonyl (C=O) groups is 2. The lowest BCUT2D eigenvalue weighted by Gasteiger charge is -2.09. The van der Waals surface area contributed by atoms with E-state index in [4.69, 9.17) is 0 Å². The first kappa shape index (κ1) is 16.0. The van der Waals surface area contributed by atoms with Gasteiger partial charge in [-0.2, -0.15) is 0 Å². The monoisotopic (exact) mass is 269 g/mol. The van der Waals surface area contributed by atoms with Gasteiger partial charge >= 0.3 is 0 Å². The van der Waals surface area contributed by atoms with Crippen molar-refractivity contribution < 1.29 is 9.59 Å². The molecule has 0 aromatic rings. The molecule has 0 aliphatic heterocycles. The Balaban J connectivity index is 1.97. The predicted molar refractivity (Wildman–Crippen MR) is 75.8 cm³/mol. The molecule has 0 radical (unpaired) electrons. The molecule has 1 fully saturated rings. The number of hydrogen-bond donors (Lipinski definition) is 3. The maximum atomic E-state index is 11.6. The fourth-order valence-electron chi connectivity index (χ4n) is 2.43. The zero-order chi connectivity index (χ0) is 13.9. The molecule has 0 bridgehead atoms. The average molecular weight is 269 g/mol. The summed E-state index contributed by atoms with van der Waals surface area (Å²) in [4.78, 5) is 23.0. The van der Waals surface area contributed by atoms with Crippen LogP contribution in [0.1, 0.15) is 45.4 Å². The third-order valence-electron chi connectivity index (χ3n) is 3.57. The lowest BCUT2D eigenvalue weighted by molar-refractivity contribution is -0.126. The molecule has 0 heterocycles. The van der Waals surface area contributed by atoms with Gasteiger partial charge in [0.2, 0.25) is 11.8 Å². The Bertz CT molecular complexity index is 276. The fraction of sp³-hybridized carbons (Fsp3) is 0.857. The lowest BCUT2D eigenvalue weighted by atomic mass is 10.0. The SMILES string of the molecule is CCNCCNC(=O)CNC(=O)CCC1CCCC1. The highest BCUT2D eigenvalue weighted by molar-refractivity contribution is 5.84. The third kappa shape index (κ3) is 7.82. The highest BCUT2D eigenvalue weighted by Gasteiger charge is 2.16. The molecule has 0 unspecified atom stereocenters. The first-order chi connectivity index (χ1) is 9.22. The van der Waals surface area contributed by atoms with Crippen LogP contribution in [-0.4, -0.2) is 38.0 Å². The largest absolute Gasteiger partial charge is 0.353 e. The van der Waals surface area contributed by atoms with E-state index in [0.717, 1.165) is 25.4 Å². The summed E-state index contributed by atoms with van der Waals surface area (Å²) in [7, 11) is 0. The van der Waals surface area contributed by atoms with Crippen molar-refractivity contribution in [3.63, 3.8) is 0 Å². The van der Waals surface area contributed by atoms with Gasteiger partial charge in [-0.1, -0.05) is 32.6 Å². The van der Waals surface area contributed by atoms with Crippen molar-refractivity contribution in [3.8, 4) is 0 Å². The molecule has 1 rings (SSSR count). The highest BCUT2D eigenvalue weighted by atomic mass is 16.2. The Hall–Kier alpha value is -1.10. The van der Waals surface area contributed by atoms with Crippen LogP contribution in [0.15, 0.2) is 0 Å². The van der Waals surface area contributed by atoms with Crippen molar-refractivity contribution in [1.82, 2.24) is 16.0 Å². The predicted octanol–water partition coefficient (Wildman–Crippen LogP) is 0.799. The zero-order valence-electron chi connectivity index (χ0n) is 12.0. The molecule has 19 heavy (non-hydrogen) atoms. The molecule has 110 valence electrons. The van der Waals surface area contributed by atoms with Gasteiger partial charge in [0.15, 0.2) is 0 Å². The van der Waals surface area contributed by atoms with Crippen molar-refractivity contribution in [2.75, 3.05) is 26.2 Å². The van der Waals surface area contributed by atoms with Crippen LogP contribution >= 0.6 is 0 Å². The Morgan fingerprint density at radius 1 is 1.05 bits per heavy atom. The first-order valence-corrected chi connectivity index (χ1v) is 7.46. The van der Waals surface area contributed by atoms with Crippen LogP contribution in [0.5, 0.6) is 0 Å². The molecule has 0 spiro atoms. The number of rotatable bonds is 9. The molecule has 1 aliphatic carbocycles. The molecule has 2 amide bonds. The summed E-state index contributed by atoms with van der Waals surface area (Å²) in [6.45, 7) is 4.37. The minimum absolute atomic E-state index is 0.00580. The van der Waals surface area contributed by atoms with Gasteiger partial charge in [0.25, 0.3) is 0 Å². The van der Waals surface area contributed by atoms with Gasteiger partial charge in [0, 0.05) is 19.5 Å². The molecule has 0 saturated heterocycles. The summed E-state index contributed by atoms with van der Waals surface area (Å²) in [6.07, 6.45) is 6.65. The van der Waals surface area contributed by atoms with Crippen molar-refractivity contribution in [1.29, 1.82) is 0 Å². The van der Waals surface area contributed by atoms with E-state index in [-0.39, 0.29) is 18.4 Å². The maximum absolute atomic E-state index is 11.6. The Labute approximate surface area is 115 Å². The van der Waals surface area contributed by atoms with Crippen molar-refractivity contribution in [3.05, 3.63) is 0 Å². The van der Waals surface area contributed by atoms with Crippen LogP contribution in [0.3, 0.4) is 0 Å². The number of carbonyl (C=O) groups excluding carboxylic acids is 2. The van der Waals surface area contributed by atoms with E-state index in [0.29, 0.717) is 13.0 Å². The Kier molecular flexibility index (Phi) is 8.21. The second-order valence-corrected chi connectivity index (χ2v) is 5.17. The standard InChI is InChI=1S/C14H27N3O2/c1-2-15-9-10-16-14(19)11-17-13(18)8-7-12-5-3-4-6-12/h12,15H,2-11H2,1H3,(H,16,19)(H,17,18). The van der Waals surface area contributed by atoms with Crippen LogP contribution in [0.2, 0.25) is 0 Å². The fourth-order valence-corrected chi connectivity index (χ4v) is 2.43. The summed E-state index contributed by atoms with van der Waals surface area (Å²) in [5.74, 6) is 0.598. The second kappa shape index (κ2) is 9.78. The smallest absolute Gasteiger partial charge is 0.239 e. The molecule has 3 N–H and O–H groups in total. The molecule has 1 aliphatic rings. The molecule has 0 atom stereocenters. The van der Waals surface area contributed by atoms with Gasteiger partial charge in [-0.05, 0) is 18.9 Å². The molecule has 1 saturated carbocycles. The van der Waals surface area contributed by atoms with Gasteiger partial charge in [-0.15, -0.1) is 0 Å². The minimum Gasteiger partial charge on any atom is -0.353 e. The molecular weight excluding hydrogens is 242 g/mol. The second-order valence-electron chi connectivity index (χ2n) is 5.17. The van der Waals surface area contributed by atoms with E-state index in [9.17, 15) is 9.59 Å². The summed E-state index contributed by atoms with van der Waals surface area (Å²) >= 11 is 0. The summed E-state index contributed by atoms with van der Waals surface area (Å²) < 4.78 is 0. The summed E-state index contributed by atoms with van der Waals surface area (Å²) in [5.41, 5.74) is 0. The van der Waals surface area contributed by atoms with Gasteiger partial charge in [-0.25, -0.2) is 0 Å². The number of amides is 2. The topological polar surface area (TPSA) is 70.2 Å². The van der Waals surface area contributed by atoms with Gasteiger partial charge in [0.05, 0.1) is 6.54 Å². The van der Waals surface area contributed by atoms with Crippen LogP contribution in [0.25, 0.3) is 0 Å². The zero-order valence-corrected chi connectivity index (χ0v) is 12.0. The van der Waals surface area contributed by atoms with E-state index in [1.165, 1.54) is 25.7 Å². The molecular formula is C14H27N3O2. The Morgan fingerprint density at radius 3 is 2.47 bits per heavy atom. The van der Waals surface area contributed by atoms with E-state index >= 15 is 0 Å². The number of nitrogens with one attached hydrogen (secondary N) is 3. The molecule has 0 aromatic heterocycles. The summed E-state index contributed by atoms with van der Waals surface area (Å²) in [6, 6.07) is 0. The number of likely N-dealkylation sites (N-methyl/N-ethyl adjacent to an activating group) is 1. The van der Waals surface area contributed by atoms with Crippen LogP contribution < -0.4 is 16.0 Å². The van der Waals surface area contributed by atoms with Crippen molar-refractivity contribution in [2.45, 2.75) is 45.4 Å². The van der Waals surface area contributed by atoms with Crippen LogP contribution in [0, 0.1) is 5.92 Å². The van der Waals surface area contributed by atoms with Gasteiger partial charge in [0.1, 0.15) is 0 Å².